The molecule has 4 aromatic rings. The molecule has 0 spiro atoms. The second-order valence-electron chi connectivity index (χ2n) is 15.9. The number of benzene rings is 4. The molecule has 2 aliphatic carbocycles. The van der Waals surface area contributed by atoms with Gasteiger partial charge >= 0.3 is 106 Å². The van der Waals surface area contributed by atoms with Gasteiger partial charge in [0.05, 0.1) is 0 Å². The van der Waals surface area contributed by atoms with E-state index in [0.29, 0.717) is 11.3 Å². The zero-order valence-corrected chi connectivity index (χ0v) is 34.7. The largest absolute Gasteiger partial charge is 1.00 e. The van der Waals surface area contributed by atoms with E-state index in [0.717, 1.165) is 6.42 Å². The molecule has 0 amide bonds. The van der Waals surface area contributed by atoms with Crippen LogP contribution < -0.4 is 24.8 Å². The molecule has 1 unspecified atom stereocenters. The number of aryl methyl sites for hydroxylation is 1. The van der Waals surface area contributed by atoms with E-state index >= 15 is 0 Å². The summed E-state index contributed by atoms with van der Waals surface area (Å²) in [4.78, 5) is 0. The quantitative estimate of drug-likeness (QED) is 0.202. The number of allylic oxidation sites excluding steroid dienone is 4. The van der Waals surface area contributed by atoms with Crippen LogP contribution >= 0.6 is 0 Å². The summed E-state index contributed by atoms with van der Waals surface area (Å²) < 4.78 is 1.42. The van der Waals surface area contributed by atoms with E-state index in [1.807, 2.05) is 0 Å². The third-order valence-corrected chi connectivity index (χ3v) is 10.1. The summed E-state index contributed by atoms with van der Waals surface area (Å²) in [6, 6.07) is 34.4. The van der Waals surface area contributed by atoms with Gasteiger partial charge in [-0.3, -0.25) is 6.08 Å². The molecule has 0 radical (unpaired) electrons. The minimum Gasteiger partial charge on any atom is -1.00 e. The summed E-state index contributed by atoms with van der Waals surface area (Å²) in [5, 5.41) is 0. The average molecular weight is 755 g/mol. The van der Waals surface area contributed by atoms with E-state index in [9.17, 15) is 0 Å². The monoisotopic (exact) mass is 752 g/mol. The van der Waals surface area contributed by atoms with Gasteiger partial charge in [-0.25, -0.2) is 6.08 Å². The molecule has 0 aromatic heterocycles. The maximum absolute atomic E-state index is 3.53. The number of hydrogen-bond donors (Lipinski definition) is 0. The van der Waals surface area contributed by atoms with Gasteiger partial charge in [-0.15, -0.1) is 5.56 Å². The molecule has 252 valence electrons. The van der Waals surface area contributed by atoms with Crippen molar-refractivity contribution in [3.8, 4) is 11.1 Å². The van der Waals surface area contributed by atoms with E-state index in [4.69, 9.17) is 0 Å². The molecule has 0 N–H and O–H groups in total. The number of rotatable bonds is 2. The molecule has 0 bridgehead atoms. The molecule has 1 atom stereocenters. The zero-order valence-electron chi connectivity index (χ0n) is 30.8. The molecule has 0 saturated carbocycles. The van der Waals surface area contributed by atoms with Crippen LogP contribution in [0.1, 0.15) is 108 Å². The van der Waals surface area contributed by atoms with Gasteiger partial charge < -0.3 is 24.8 Å². The third kappa shape index (κ3) is 11.1. The van der Waals surface area contributed by atoms with Crippen molar-refractivity contribution < 1.29 is 49.0 Å². The molecule has 0 nitrogen and oxygen atoms in total. The van der Waals surface area contributed by atoms with Crippen molar-refractivity contribution in [2.75, 3.05) is 0 Å². The van der Waals surface area contributed by atoms with Crippen molar-refractivity contribution in [2.24, 2.45) is 11.3 Å². The van der Waals surface area contributed by atoms with Crippen LogP contribution in [-0.4, -0.2) is 3.21 Å². The molecule has 4 aromatic carbocycles. The van der Waals surface area contributed by atoms with Crippen LogP contribution in [0.15, 0.2) is 103 Å². The SMILES string of the molecule is CC(C)(C)c1c[c-]c2c(c1)-c1cc(C(C)(C)C)ccc1C2.CC1[C-]=CC(C(C)(C)C)=C1.Cc1ccc([C](=[Zr+2])c2ccccc2)cc1.[Cl-].[Cl-]. The topological polar surface area (TPSA) is 0 Å². The first kappa shape index (κ1) is 41.9. The molecular formula is C45H52Cl2Zr-2. The summed E-state index contributed by atoms with van der Waals surface area (Å²) in [5.74, 6) is 0.522. The van der Waals surface area contributed by atoms with Crippen LogP contribution in [0.5, 0.6) is 0 Å². The van der Waals surface area contributed by atoms with Crippen LogP contribution in [0.3, 0.4) is 0 Å². The molecule has 0 aliphatic heterocycles. The normalized spacial score (nSPS) is 14.5. The molecule has 48 heavy (non-hydrogen) atoms. The first-order valence-electron chi connectivity index (χ1n) is 16.6. The van der Waals surface area contributed by atoms with Crippen molar-refractivity contribution in [1.82, 2.24) is 0 Å². The van der Waals surface area contributed by atoms with Crippen molar-refractivity contribution in [2.45, 2.75) is 93.4 Å². The first-order valence-corrected chi connectivity index (χ1v) is 17.9. The van der Waals surface area contributed by atoms with Crippen LogP contribution in [0.2, 0.25) is 0 Å². The summed E-state index contributed by atoms with van der Waals surface area (Å²) in [5.41, 5.74) is 14.5. The molecular weight excluding hydrogens is 703 g/mol. The van der Waals surface area contributed by atoms with E-state index in [-0.39, 0.29) is 35.6 Å². The van der Waals surface area contributed by atoms with Gasteiger partial charge in [0.25, 0.3) is 0 Å². The fourth-order valence-corrected chi connectivity index (χ4v) is 6.35. The van der Waals surface area contributed by atoms with Crippen molar-refractivity contribution in [3.63, 3.8) is 0 Å². The van der Waals surface area contributed by atoms with Crippen LogP contribution in [0.25, 0.3) is 11.1 Å². The minimum absolute atomic E-state index is 0. The molecule has 0 fully saturated rings. The van der Waals surface area contributed by atoms with E-state index < -0.39 is 0 Å². The van der Waals surface area contributed by atoms with Crippen LogP contribution in [0, 0.1) is 30.4 Å². The van der Waals surface area contributed by atoms with E-state index in [1.54, 1.807) is 0 Å². The fraction of sp³-hybridized carbons (Fsp3) is 0.356. The van der Waals surface area contributed by atoms with Crippen molar-refractivity contribution >= 4 is 3.21 Å². The van der Waals surface area contributed by atoms with Gasteiger partial charge in [-0.05, 0) is 17.4 Å². The fourth-order valence-electron chi connectivity index (χ4n) is 5.53. The predicted molar refractivity (Wildman–Crippen MR) is 196 cm³/mol. The molecule has 0 saturated heterocycles. The Morgan fingerprint density at radius 1 is 0.688 bits per heavy atom. The Bertz CT molecular complexity index is 1660. The Morgan fingerprint density at radius 3 is 1.75 bits per heavy atom. The third-order valence-electron chi connectivity index (χ3n) is 8.73. The second-order valence-corrected chi connectivity index (χ2v) is 17.1. The first-order chi connectivity index (χ1) is 21.4. The zero-order chi connectivity index (χ0) is 33.9. The number of fused-ring (bicyclic) bond motifs is 3. The van der Waals surface area contributed by atoms with E-state index in [2.05, 4.69) is 185 Å². The second kappa shape index (κ2) is 17.1. The Kier molecular flexibility index (Phi) is 14.9. The molecule has 2 aliphatic rings. The van der Waals surface area contributed by atoms with Gasteiger partial charge in [0.1, 0.15) is 0 Å². The Hall–Kier alpha value is -2.31. The van der Waals surface area contributed by atoms with Gasteiger partial charge in [0.15, 0.2) is 0 Å². The maximum Gasteiger partial charge on any atom is -1.00 e. The molecule has 3 heteroatoms. The van der Waals surface area contributed by atoms with E-state index in [1.165, 1.54) is 83.1 Å². The average Bonchev–Trinajstić information content (AvgIpc) is 3.60. The van der Waals surface area contributed by atoms with Gasteiger partial charge in [0.2, 0.25) is 0 Å². The van der Waals surface area contributed by atoms with Gasteiger partial charge in [-0.2, -0.15) is 41.0 Å². The molecule has 6 rings (SSSR count). The number of halogens is 2. The standard InChI is InChI=1S/C21H25.C14H12.C10H15.2ClH.Zr/c1-20(2,3)16-9-7-14-11-15-8-10-17(21(4,5)6)13-19(15)18(14)12-16;1-12-7-9-14(10-8-12)11-13-5-3-2-4-6-13;1-8-5-6-9(7-8)10(2,3)4;;;/h7,9-10,12-13H,11H2,1-6H3;2-10H,1H3;6-8H,1-4H3;2*1H;/q-1;;-1;;;+2/p-2. The maximum atomic E-state index is 3.53. The smallest absolute Gasteiger partial charge is 1.00 e. The summed E-state index contributed by atoms with van der Waals surface area (Å²) >= 11 is 1.46. The van der Waals surface area contributed by atoms with Crippen molar-refractivity contribution in [1.29, 1.82) is 0 Å². The summed E-state index contributed by atoms with van der Waals surface area (Å²) in [7, 11) is 0. The predicted octanol–water partition coefficient (Wildman–Crippen LogP) is 5.74. The number of hydrogen-bond acceptors (Lipinski definition) is 0. The Morgan fingerprint density at radius 2 is 1.25 bits per heavy atom. The van der Waals surface area contributed by atoms with Crippen LogP contribution in [-0.2, 0) is 41.5 Å². The summed E-state index contributed by atoms with van der Waals surface area (Å²) in [6.07, 6.45) is 8.68. The van der Waals surface area contributed by atoms with Crippen molar-refractivity contribution in [3.05, 3.63) is 154 Å². The van der Waals surface area contributed by atoms with Gasteiger partial charge in [-0.1, -0.05) is 115 Å². The Labute approximate surface area is 319 Å². The molecule has 0 heterocycles. The van der Waals surface area contributed by atoms with Gasteiger partial charge in [0, 0.05) is 0 Å². The van der Waals surface area contributed by atoms with Crippen LogP contribution in [0.4, 0.5) is 0 Å². The summed E-state index contributed by atoms with van der Waals surface area (Å²) in [6.45, 7) is 24.6. The Balaban J connectivity index is 0.000000261. The minimum atomic E-state index is 0.